The largest absolute Gasteiger partial charge is 0.365 e. The lowest BCUT2D eigenvalue weighted by atomic mass is 10.0. The molecule has 2 aromatic rings. The fourth-order valence-corrected chi connectivity index (χ4v) is 5.23. The second kappa shape index (κ2) is 10.0. The summed E-state index contributed by atoms with van der Waals surface area (Å²) >= 11 is 0. The van der Waals surface area contributed by atoms with E-state index in [9.17, 15) is 4.79 Å². The molecule has 0 saturated heterocycles. The van der Waals surface area contributed by atoms with Gasteiger partial charge in [0.2, 0.25) is 0 Å². The first kappa shape index (κ1) is 23.2. The highest BCUT2D eigenvalue weighted by atomic mass is 16.1. The van der Waals surface area contributed by atoms with Gasteiger partial charge in [-0.3, -0.25) is 9.69 Å². The third-order valence-electron chi connectivity index (χ3n) is 7.10. The number of carbonyl (C=O) groups excluding carboxylic acids is 1. The van der Waals surface area contributed by atoms with Crippen LogP contribution in [-0.4, -0.2) is 35.0 Å². The SMILES string of the molecule is CCCN(CCC)C(C)c1ccc(NC2=CC=C(c3ccc4c(c3)CNC4=O)N3C=CNC23)cc1. The molecule has 0 radical (unpaired) electrons. The zero-order chi connectivity index (χ0) is 24.4. The van der Waals surface area contributed by atoms with Gasteiger partial charge in [-0.05, 0) is 86.0 Å². The van der Waals surface area contributed by atoms with Crippen molar-refractivity contribution >= 4 is 17.3 Å². The highest BCUT2D eigenvalue weighted by Gasteiger charge is 2.30. The van der Waals surface area contributed by atoms with Crippen LogP contribution in [0.2, 0.25) is 0 Å². The lowest BCUT2D eigenvalue weighted by molar-refractivity contribution is 0.0965. The van der Waals surface area contributed by atoms with Crippen molar-refractivity contribution in [2.75, 3.05) is 18.4 Å². The Balaban J connectivity index is 1.33. The summed E-state index contributed by atoms with van der Waals surface area (Å²) in [6.07, 6.45) is 10.7. The molecule has 35 heavy (non-hydrogen) atoms. The summed E-state index contributed by atoms with van der Waals surface area (Å²) in [6.45, 7) is 9.66. The number of fused-ring (bicyclic) bond motifs is 2. The minimum absolute atomic E-state index is 0.00575. The number of hydrogen-bond donors (Lipinski definition) is 3. The monoisotopic (exact) mass is 469 g/mol. The Bertz CT molecular complexity index is 1170. The smallest absolute Gasteiger partial charge is 0.251 e. The second-order valence-corrected chi connectivity index (χ2v) is 9.48. The topological polar surface area (TPSA) is 59.6 Å². The van der Waals surface area contributed by atoms with Crippen LogP contribution in [-0.2, 0) is 6.54 Å². The molecule has 1 amide bonds. The number of anilines is 1. The Morgan fingerprint density at radius 1 is 1.09 bits per heavy atom. The number of allylic oxidation sites excluding steroid dienone is 2. The van der Waals surface area contributed by atoms with Crippen molar-refractivity contribution in [1.29, 1.82) is 0 Å². The fourth-order valence-electron chi connectivity index (χ4n) is 5.23. The summed E-state index contributed by atoms with van der Waals surface area (Å²) < 4.78 is 0. The maximum atomic E-state index is 11.9. The number of nitrogens with one attached hydrogen (secondary N) is 3. The Kier molecular flexibility index (Phi) is 6.64. The molecule has 6 nitrogen and oxygen atoms in total. The first-order valence-corrected chi connectivity index (χ1v) is 12.7. The molecule has 0 fully saturated rings. The third-order valence-corrected chi connectivity index (χ3v) is 7.10. The van der Waals surface area contributed by atoms with E-state index in [0.717, 1.165) is 46.9 Å². The molecular formula is C29H35N5O. The van der Waals surface area contributed by atoms with Crippen molar-refractivity contribution in [3.8, 4) is 0 Å². The molecule has 0 aliphatic carbocycles. The molecule has 0 spiro atoms. The molecular weight excluding hydrogens is 434 g/mol. The highest BCUT2D eigenvalue weighted by Crippen LogP contribution is 2.33. The average Bonchev–Trinajstić information content (AvgIpc) is 3.51. The summed E-state index contributed by atoms with van der Waals surface area (Å²) in [5.41, 5.74) is 7.58. The summed E-state index contributed by atoms with van der Waals surface area (Å²) in [5, 5.41) is 9.98. The second-order valence-electron chi connectivity index (χ2n) is 9.48. The molecule has 182 valence electrons. The van der Waals surface area contributed by atoms with E-state index in [2.05, 4.69) is 95.2 Å². The first-order valence-electron chi connectivity index (χ1n) is 12.7. The third kappa shape index (κ3) is 4.58. The number of nitrogens with zero attached hydrogens (tertiary/aromatic N) is 2. The van der Waals surface area contributed by atoms with Crippen LogP contribution in [0.15, 0.2) is 72.7 Å². The van der Waals surface area contributed by atoms with Gasteiger partial charge in [0.05, 0.1) is 11.4 Å². The Morgan fingerprint density at radius 2 is 1.86 bits per heavy atom. The van der Waals surface area contributed by atoms with Crippen molar-refractivity contribution in [3.05, 3.63) is 95.0 Å². The number of carbonyl (C=O) groups is 1. The molecule has 3 N–H and O–H groups in total. The van der Waals surface area contributed by atoms with Crippen LogP contribution in [0, 0.1) is 0 Å². The van der Waals surface area contributed by atoms with Crippen LogP contribution in [0.3, 0.4) is 0 Å². The average molecular weight is 470 g/mol. The summed E-state index contributed by atoms with van der Waals surface area (Å²) in [4.78, 5) is 16.7. The van der Waals surface area contributed by atoms with Crippen LogP contribution >= 0.6 is 0 Å². The van der Waals surface area contributed by atoms with Gasteiger partial charge < -0.3 is 20.9 Å². The maximum absolute atomic E-state index is 11.9. The van der Waals surface area contributed by atoms with Gasteiger partial charge in [0.1, 0.15) is 6.17 Å². The van der Waals surface area contributed by atoms with Crippen molar-refractivity contribution in [2.24, 2.45) is 0 Å². The maximum Gasteiger partial charge on any atom is 0.251 e. The lowest BCUT2D eigenvalue weighted by Crippen LogP contribution is -2.40. The van der Waals surface area contributed by atoms with Gasteiger partial charge >= 0.3 is 0 Å². The van der Waals surface area contributed by atoms with E-state index in [1.165, 1.54) is 18.4 Å². The predicted molar refractivity (Wildman–Crippen MR) is 142 cm³/mol. The fraction of sp³-hybridized carbons (Fsp3) is 0.345. The van der Waals surface area contributed by atoms with Crippen LogP contribution in [0.1, 0.15) is 66.7 Å². The van der Waals surface area contributed by atoms with Gasteiger partial charge in [-0.2, -0.15) is 0 Å². The molecule has 2 atom stereocenters. The minimum Gasteiger partial charge on any atom is -0.365 e. The van der Waals surface area contributed by atoms with Gasteiger partial charge in [0.25, 0.3) is 5.91 Å². The Morgan fingerprint density at radius 3 is 2.60 bits per heavy atom. The lowest BCUT2D eigenvalue weighted by Gasteiger charge is -2.33. The minimum atomic E-state index is 0.00575. The van der Waals surface area contributed by atoms with Crippen molar-refractivity contribution in [2.45, 2.75) is 52.4 Å². The molecule has 3 aliphatic heterocycles. The zero-order valence-corrected chi connectivity index (χ0v) is 20.8. The number of benzene rings is 2. The first-order chi connectivity index (χ1) is 17.1. The Labute approximate surface area is 208 Å². The number of hydrogen-bond acceptors (Lipinski definition) is 5. The molecule has 5 rings (SSSR count). The molecule has 6 heteroatoms. The highest BCUT2D eigenvalue weighted by molar-refractivity contribution is 5.98. The quantitative estimate of drug-likeness (QED) is 0.473. The van der Waals surface area contributed by atoms with E-state index >= 15 is 0 Å². The molecule has 3 aliphatic rings. The standard InChI is InChI=1S/C29H35N5O/c1-4-15-33(16-5-2)20(3)21-6-9-24(10-7-21)32-26-12-13-27(34-17-14-30-28(26)34)22-8-11-25-23(18-22)19-31-29(25)35/h6-14,17-18,20,28,30,32H,4-5,15-16,19H2,1-3H3,(H,31,35). The van der Waals surface area contributed by atoms with Crippen LogP contribution < -0.4 is 16.0 Å². The van der Waals surface area contributed by atoms with Gasteiger partial charge in [-0.25, -0.2) is 0 Å². The molecule has 3 heterocycles. The van der Waals surface area contributed by atoms with Gasteiger partial charge in [0, 0.05) is 36.2 Å². The van der Waals surface area contributed by atoms with Crippen molar-refractivity contribution in [3.63, 3.8) is 0 Å². The van der Waals surface area contributed by atoms with Crippen LogP contribution in [0.5, 0.6) is 0 Å². The molecule has 2 unspecified atom stereocenters. The zero-order valence-electron chi connectivity index (χ0n) is 20.8. The molecule has 0 aromatic heterocycles. The van der Waals surface area contributed by atoms with E-state index < -0.39 is 0 Å². The van der Waals surface area contributed by atoms with Crippen LogP contribution in [0.25, 0.3) is 5.70 Å². The van der Waals surface area contributed by atoms with E-state index in [1.807, 2.05) is 18.3 Å². The Hall–Kier alpha value is -3.51. The number of rotatable bonds is 9. The van der Waals surface area contributed by atoms with E-state index in [1.54, 1.807) is 0 Å². The van der Waals surface area contributed by atoms with Crippen molar-refractivity contribution in [1.82, 2.24) is 20.4 Å². The van der Waals surface area contributed by atoms with Crippen LogP contribution in [0.4, 0.5) is 5.69 Å². The summed E-state index contributed by atoms with van der Waals surface area (Å²) in [6, 6.07) is 15.3. The van der Waals surface area contributed by atoms with Gasteiger partial charge in [-0.15, -0.1) is 0 Å². The van der Waals surface area contributed by atoms with E-state index in [-0.39, 0.29) is 12.1 Å². The van der Waals surface area contributed by atoms with E-state index in [0.29, 0.717) is 12.6 Å². The normalized spacial score (nSPS) is 19.0. The van der Waals surface area contributed by atoms with Gasteiger partial charge in [-0.1, -0.05) is 32.0 Å². The number of amides is 1. The summed E-state index contributed by atoms with van der Waals surface area (Å²) in [5.74, 6) is 0.0139. The van der Waals surface area contributed by atoms with Crippen molar-refractivity contribution < 1.29 is 4.79 Å². The molecule has 0 bridgehead atoms. The van der Waals surface area contributed by atoms with E-state index in [4.69, 9.17) is 0 Å². The molecule has 0 saturated carbocycles. The predicted octanol–water partition coefficient (Wildman–Crippen LogP) is 5.17. The summed E-state index contributed by atoms with van der Waals surface area (Å²) in [7, 11) is 0. The molecule has 2 aromatic carbocycles. The van der Waals surface area contributed by atoms with Gasteiger partial charge in [0.15, 0.2) is 0 Å².